The molecule has 1 aliphatic rings. The zero-order chi connectivity index (χ0) is 33.2. The SMILES string of the molecule is C=CCOC(=O)NCc1cccc(-c2cccc(C3OC(CN(C)CC(O)c4cccc(O)c4)CC(c4ccc(CO)cc4)O3)c2)c1. The number of aliphatic hydroxyl groups is 2. The average Bonchev–Trinajstić information content (AvgIpc) is 3.09. The highest BCUT2D eigenvalue weighted by atomic mass is 16.7. The van der Waals surface area contributed by atoms with Gasteiger partial charge in [-0.25, -0.2) is 4.79 Å². The Hall–Kier alpha value is -4.51. The van der Waals surface area contributed by atoms with Gasteiger partial charge in [0.2, 0.25) is 0 Å². The third kappa shape index (κ3) is 9.51. The van der Waals surface area contributed by atoms with Crippen LogP contribution in [-0.2, 0) is 27.4 Å². The molecule has 0 aromatic heterocycles. The number of hydrogen-bond donors (Lipinski definition) is 4. The molecule has 4 aromatic carbocycles. The molecule has 9 nitrogen and oxygen atoms in total. The molecule has 4 aromatic rings. The molecule has 246 valence electrons. The second-order valence-corrected chi connectivity index (χ2v) is 11.7. The monoisotopic (exact) mass is 638 g/mol. The predicted octanol–water partition coefficient (Wildman–Crippen LogP) is 6.17. The quantitative estimate of drug-likeness (QED) is 0.128. The Labute approximate surface area is 275 Å². The molecule has 47 heavy (non-hydrogen) atoms. The first-order chi connectivity index (χ1) is 22.8. The van der Waals surface area contributed by atoms with Crippen LogP contribution >= 0.6 is 0 Å². The Morgan fingerprint density at radius 3 is 2.47 bits per heavy atom. The molecule has 0 bridgehead atoms. The Bertz CT molecular complexity index is 1630. The number of benzene rings is 4. The topological polar surface area (TPSA) is 121 Å². The van der Waals surface area contributed by atoms with E-state index >= 15 is 0 Å². The normalized spacial score (nSPS) is 18.4. The number of likely N-dealkylation sites (N-methyl/N-ethyl adjacent to an activating group) is 1. The molecule has 0 radical (unpaired) electrons. The lowest BCUT2D eigenvalue weighted by Gasteiger charge is -2.38. The number of nitrogens with zero attached hydrogens (tertiary/aromatic N) is 1. The van der Waals surface area contributed by atoms with Crippen LogP contribution in [0.5, 0.6) is 5.75 Å². The predicted molar refractivity (Wildman–Crippen MR) is 179 cm³/mol. The van der Waals surface area contributed by atoms with E-state index in [0.717, 1.165) is 33.4 Å². The zero-order valence-corrected chi connectivity index (χ0v) is 26.5. The zero-order valence-electron chi connectivity index (χ0n) is 26.5. The third-order valence-corrected chi connectivity index (χ3v) is 8.06. The van der Waals surface area contributed by atoms with Crippen molar-refractivity contribution >= 4 is 6.09 Å². The third-order valence-electron chi connectivity index (χ3n) is 8.06. The molecule has 4 unspecified atom stereocenters. The average molecular weight is 639 g/mol. The van der Waals surface area contributed by atoms with Crippen molar-refractivity contribution in [2.75, 3.05) is 26.7 Å². The molecule has 9 heteroatoms. The number of carbonyl (C=O) groups excluding carboxylic acids is 1. The summed E-state index contributed by atoms with van der Waals surface area (Å²) in [5.41, 5.74) is 6.21. The summed E-state index contributed by atoms with van der Waals surface area (Å²) in [4.78, 5) is 13.9. The van der Waals surface area contributed by atoms with Gasteiger partial charge in [-0.2, -0.15) is 0 Å². The van der Waals surface area contributed by atoms with E-state index in [9.17, 15) is 20.1 Å². The highest BCUT2D eigenvalue weighted by Crippen LogP contribution is 2.39. The summed E-state index contributed by atoms with van der Waals surface area (Å²) < 4.78 is 18.1. The van der Waals surface area contributed by atoms with Crippen LogP contribution in [0.1, 0.15) is 52.7 Å². The van der Waals surface area contributed by atoms with Gasteiger partial charge in [-0.1, -0.05) is 85.5 Å². The molecule has 1 amide bonds. The second-order valence-electron chi connectivity index (χ2n) is 11.7. The lowest BCUT2D eigenvalue weighted by molar-refractivity contribution is -0.252. The second kappa shape index (κ2) is 16.4. The maximum atomic E-state index is 11.9. The van der Waals surface area contributed by atoms with Crippen molar-refractivity contribution in [3.63, 3.8) is 0 Å². The summed E-state index contributed by atoms with van der Waals surface area (Å²) in [5, 5.41) is 33.0. The van der Waals surface area contributed by atoms with Gasteiger partial charge in [0.25, 0.3) is 0 Å². The fourth-order valence-corrected chi connectivity index (χ4v) is 5.67. The standard InChI is InChI=1S/C38H42N2O7/c1-3-17-45-38(44)39-22-27-7-4-8-29(18-27)30-9-5-11-32(19-30)37-46-34(21-36(47-37)28-15-13-26(25-41)14-16-28)23-40(2)24-35(43)31-10-6-12-33(42)20-31/h3-16,18-20,34-37,41-43H,1,17,21-25H2,2H3,(H,39,44). The minimum Gasteiger partial charge on any atom is -0.508 e. The van der Waals surface area contributed by atoms with Crippen LogP contribution < -0.4 is 5.32 Å². The first-order valence-corrected chi connectivity index (χ1v) is 15.7. The summed E-state index contributed by atoms with van der Waals surface area (Å²) in [6, 6.07) is 30.4. The fourth-order valence-electron chi connectivity index (χ4n) is 5.67. The molecule has 1 aliphatic heterocycles. The van der Waals surface area contributed by atoms with E-state index in [2.05, 4.69) is 18.0 Å². The largest absolute Gasteiger partial charge is 0.508 e. The molecular weight excluding hydrogens is 596 g/mol. The number of aliphatic hydroxyl groups excluding tert-OH is 2. The van der Waals surface area contributed by atoms with Crippen molar-refractivity contribution < 1.29 is 34.3 Å². The van der Waals surface area contributed by atoms with Crippen LogP contribution in [0.25, 0.3) is 11.1 Å². The number of nitrogens with one attached hydrogen (secondary N) is 1. The number of alkyl carbamates (subject to hydrolysis) is 1. The molecule has 0 aliphatic carbocycles. The Kier molecular flexibility index (Phi) is 11.8. The van der Waals surface area contributed by atoms with Crippen molar-refractivity contribution in [2.24, 2.45) is 0 Å². The van der Waals surface area contributed by atoms with Gasteiger partial charge in [0.15, 0.2) is 6.29 Å². The minimum absolute atomic E-state index is 0.0318. The van der Waals surface area contributed by atoms with Crippen LogP contribution in [0.15, 0.2) is 110 Å². The molecule has 1 heterocycles. The van der Waals surface area contributed by atoms with Crippen molar-refractivity contribution in [1.82, 2.24) is 10.2 Å². The van der Waals surface area contributed by atoms with E-state index in [0.29, 0.717) is 31.6 Å². The number of rotatable bonds is 13. The van der Waals surface area contributed by atoms with Crippen LogP contribution in [0, 0.1) is 0 Å². The Morgan fingerprint density at radius 1 is 0.979 bits per heavy atom. The van der Waals surface area contributed by atoms with Gasteiger partial charge in [0, 0.05) is 31.6 Å². The van der Waals surface area contributed by atoms with Gasteiger partial charge in [-0.15, -0.1) is 0 Å². The molecule has 1 saturated heterocycles. The highest BCUT2D eigenvalue weighted by Gasteiger charge is 2.33. The summed E-state index contributed by atoms with van der Waals surface area (Å²) in [7, 11) is 1.94. The summed E-state index contributed by atoms with van der Waals surface area (Å²) >= 11 is 0. The van der Waals surface area contributed by atoms with Gasteiger partial charge in [-0.05, 0) is 64.7 Å². The number of amides is 1. The molecular formula is C38H42N2O7. The lowest BCUT2D eigenvalue weighted by atomic mass is 9.98. The Morgan fingerprint density at radius 2 is 1.72 bits per heavy atom. The molecule has 1 fully saturated rings. The number of phenolic OH excluding ortho intramolecular Hbond substituents is 1. The van der Waals surface area contributed by atoms with Gasteiger partial charge in [0.05, 0.1) is 24.9 Å². The maximum absolute atomic E-state index is 11.9. The van der Waals surface area contributed by atoms with Gasteiger partial charge in [0.1, 0.15) is 12.4 Å². The van der Waals surface area contributed by atoms with Crippen molar-refractivity contribution in [3.8, 4) is 16.9 Å². The van der Waals surface area contributed by atoms with E-state index in [1.807, 2.05) is 78.7 Å². The number of phenols is 1. The fraction of sp³-hybridized carbons (Fsp3) is 0.289. The lowest BCUT2D eigenvalue weighted by Crippen LogP contribution is -2.39. The Balaban J connectivity index is 1.33. The molecule has 4 atom stereocenters. The van der Waals surface area contributed by atoms with Crippen LogP contribution in [-0.4, -0.2) is 59.2 Å². The first-order valence-electron chi connectivity index (χ1n) is 15.7. The van der Waals surface area contributed by atoms with E-state index in [4.69, 9.17) is 14.2 Å². The molecule has 4 N–H and O–H groups in total. The molecule has 0 saturated carbocycles. The molecule has 0 spiro atoms. The van der Waals surface area contributed by atoms with Gasteiger partial charge >= 0.3 is 6.09 Å². The van der Waals surface area contributed by atoms with Crippen molar-refractivity contribution in [1.29, 1.82) is 0 Å². The van der Waals surface area contributed by atoms with E-state index < -0.39 is 18.5 Å². The maximum Gasteiger partial charge on any atom is 0.407 e. The van der Waals surface area contributed by atoms with Crippen LogP contribution in [0.4, 0.5) is 4.79 Å². The van der Waals surface area contributed by atoms with E-state index in [1.54, 1.807) is 24.3 Å². The van der Waals surface area contributed by atoms with Crippen molar-refractivity contribution in [2.45, 2.75) is 44.2 Å². The van der Waals surface area contributed by atoms with Crippen LogP contribution in [0.2, 0.25) is 0 Å². The van der Waals surface area contributed by atoms with Gasteiger partial charge in [-0.3, -0.25) is 0 Å². The number of carbonyl (C=O) groups is 1. The smallest absolute Gasteiger partial charge is 0.407 e. The van der Waals surface area contributed by atoms with E-state index in [1.165, 1.54) is 6.08 Å². The highest BCUT2D eigenvalue weighted by molar-refractivity contribution is 5.68. The summed E-state index contributed by atoms with van der Waals surface area (Å²) in [5.74, 6) is 0.115. The number of hydrogen-bond acceptors (Lipinski definition) is 8. The minimum atomic E-state index is -0.773. The van der Waals surface area contributed by atoms with E-state index in [-0.39, 0.29) is 31.2 Å². The number of aromatic hydroxyl groups is 1. The van der Waals surface area contributed by atoms with Crippen LogP contribution in [0.3, 0.4) is 0 Å². The number of ether oxygens (including phenoxy) is 3. The summed E-state index contributed by atoms with van der Waals surface area (Å²) in [6.45, 7) is 4.90. The molecule has 5 rings (SSSR count). The first kappa shape index (κ1) is 33.8. The summed E-state index contributed by atoms with van der Waals surface area (Å²) in [6.07, 6.45) is -0.266. The van der Waals surface area contributed by atoms with Gasteiger partial charge < -0.3 is 39.7 Å². The van der Waals surface area contributed by atoms with Crippen molar-refractivity contribution in [3.05, 3.63) is 138 Å².